The summed E-state index contributed by atoms with van der Waals surface area (Å²) in [7, 11) is -3.34. The highest BCUT2D eigenvalue weighted by Gasteiger charge is 2.23. The Morgan fingerprint density at radius 2 is 1.91 bits per heavy atom. The fourth-order valence-corrected chi connectivity index (χ4v) is 5.56. The van der Waals surface area contributed by atoms with Crippen LogP contribution < -0.4 is 16.0 Å². The molecule has 1 atom stereocenters. The van der Waals surface area contributed by atoms with E-state index in [0.29, 0.717) is 36.3 Å². The van der Waals surface area contributed by atoms with Crippen LogP contribution in [-0.2, 0) is 16.3 Å². The van der Waals surface area contributed by atoms with Crippen molar-refractivity contribution in [2.75, 3.05) is 18.1 Å². The highest BCUT2D eigenvalue weighted by atomic mass is 32.2. The summed E-state index contributed by atoms with van der Waals surface area (Å²) in [5, 5.41) is 0.361. The summed E-state index contributed by atoms with van der Waals surface area (Å²) in [6, 6.07) is 9.63. The van der Waals surface area contributed by atoms with Crippen molar-refractivity contribution in [2.45, 2.75) is 38.5 Å². The van der Waals surface area contributed by atoms with Gasteiger partial charge in [-0.25, -0.2) is 17.6 Å². The lowest BCUT2D eigenvalue weighted by atomic mass is 10.0. The van der Waals surface area contributed by atoms with Gasteiger partial charge < -0.3 is 9.72 Å². The molecule has 1 saturated carbocycles. The molecule has 0 aliphatic heterocycles. The number of ether oxygens (including phenoxy) is 1. The van der Waals surface area contributed by atoms with Crippen molar-refractivity contribution in [2.24, 2.45) is 5.92 Å². The van der Waals surface area contributed by atoms with Crippen LogP contribution >= 0.6 is 0 Å². The van der Waals surface area contributed by atoms with Gasteiger partial charge in [-0.05, 0) is 72.9 Å². The molecular weight excluding hydrogens is 447 g/mol. The summed E-state index contributed by atoms with van der Waals surface area (Å²) in [6.45, 7) is 2.30. The molecule has 2 N–H and O–H groups in total. The number of fused-ring (bicyclic) bond motifs is 1. The topological polar surface area (TPSA) is 109 Å². The summed E-state index contributed by atoms with van der Waals surface area (Å²) in [5.41, 5.74) is 0.946. The van der Waals surface area contributed by atoms with E-state index in [1.165, 1.54) is 6.07 Å². The Labute approximate surface area is 190 Å². The number of sulfone groups is 1. The zero-order valence-corrected chi connectivity index (χ0v) is 19.2. The highest BCUT2D eigenvalue weighted by molar-refractivity contribution is 7.91. The predicted octanol–water partition coefficient (Wildman–Crippen LogP) is 3.30. The average molecular weight is 475 g/mol. The van der Waals surface area contributed by atoms with E-state index in [4.69, 9.17) is 4.74 Å². The van der Waals surface area contributed by atoms with Crippen molar-refractivity contribution < 1.29 is 17.5 Å². The number of benzene rings is 2. The van der Waals surface area contributed by atoms with Gasteiger partial charge in [-0.15, -0.1) is 0 Å². The Hall–Kier alpha value is -2.94. The second-order valence-electron chi connectivity index (χ2n) is 8.85. The van der Waals surface area contributed by atoms with Crippen LogP contribution in [0, 0.1) is 11.7 Å². The fourth-order valence-electron chi connectivity index (χ4n) is 3.85. The molecule has 2 aromatic carbocycles. The smallest absolute Gasteiger partial charge is 0.326 e. The van der Waals surface area contributed by atoms with E-state index in [-0.39, 0.29) is 23.2 Å². The first-order valence-electron chi connectivity index (χ1n) is 11.1. The third-order valence-corrected chi connectivity index (χ3v) is 7.84. The van der Waals surface area contributed by atoms with Crippen molar-refractivity contribution in [1.82, 2.24) is 9.97 Å². The third kappa shape index (κ3) is 6.10. The van der Waals surface area contributed by atoms with Gasteiger partial charge in [0.05, 0.1) is 29.0 Å². The van der Waals surface area contributed by atoms with Crippen LogP contribution in [0.15, 0.2) is 46.0 Å². The predicted molar refractivity (Wildman–Crippen MR) is 125 cm³/mol. The Morgan fingerprint density at radius 3 is 2.67 bits per heavy atom. The maximum Gasteiger partial charge on any atom is 0.326 e. The first kappa shape index (κ1) is 23.2. The number of nitrogens with one attached hydrogen (secondary N) is 2. The lowest BCUT2D eigenvalue weighted by molar-refractivity contribution is 0.285. The third-order valence-electron chi connectivity index (χ3n) is 5.92. The van der Waals surface area contributed by atoms with Crippen LogP contribution in [0.4, 0.5) is 4.39 Å². The van der Waals surface area contributed by atoms with E-state index >= 15 is 0 Å². The van der Waals surface area contributed by atoms with Crippen molar-refractivity contribution in [3.8, 4) is 5.75 Å². The number of H-pyrrole nitrogens is 2. The Kier molecular flexibility index (Phi) is 6.69. The summed E-state index contributed by atoms with van der Waals surface area (Å²) in [4.78, 5) is 28.1. The average Bonchev–Trinajstić information content (AvgIpc) is 3.57. The molecule has 0 unspecified atom stereocenters. The van der Waals surface area contributed by atoms with Crippen molar-refractivity contribution >= 4 is 20.7 Å². The maximum atomic E-state index is 14.0. The van der Waals surface area contributed by atoms with Gasteiger partial charge in [0.15, 0.2) is 21.4 Å². The quantitative estimate of drug-likeness (QED) is 0.469. The second kappa shape index (κ2) is 9.51. The second-order valence-corrected chi connectivity index (χ2v) is 11.1. The fraction of sp³-hybridized carbons (Fsp3) is 0.417. The zero-order valence-electron chi connectivity index (χ0n) is 18.4. The molecule has 0 spiro atoms. The molecule has 176 valence electrons. The first-order valence-corrected chi connectivity index (χ1v) is 12.9. The molecule has 4 rings (SSSR count). The highest BCUT2D eigenvalue weighted by Crippen LogP contribution is 2.31. The number of aromatic nitrogens is 2. The van der Waals surface area contributed by atoms with Crippen LogP contribution in [0.5, 0.6) is 5.75 Å². The summed E-state index contributed by atoms with van der Waals surface area (Å²) in [6.07, 6.45) is 3.09. The molecule has 0 radical (unpaired) electrons. The minimum Gasteiger partial charge on any atom is -0.490 e. The van der Waals surface area contributed by atoms with Gasteiger partial charge in [0.1, 0.15) is 0 Å². The van der Waals surface area contributed by atoms with E-state index in [1.54, 1.807) is 30.3 Å². The lowest BCUT2D eigenvalue weighted by Gasteiger charge is -2.15. The van der Waals surface area contributed by atoms with Crippen LogP contribution in [0.2, 0.25) is 0 Å². The van der Waals surface area contributed by atoms with Gasteiger partial charge in [-0.3, -0.25) is 9.78 Å². The van der Waals surface area contributed by atoms with Crippen LogP contribution in [0.3, 0.4) is 0 Å². The van der Waals surface area contributed by atoms with Gasteiger partial charge >= 0.3 is 5.69 Å². The minimum absolute atomic E-state index is 0.00356. The van der Waals surface area contributed by atoms with E-state index < -0.39 is 26.9 Å². The lowest BCUT2D eigenvalue weighted by Crippen LogP contribution is -2.21. The van der Waals surface area contributed by atoms with Crippen LogP contribution in [0.1, 0.15) is 43.2 Å². The molecule has 33 heavy (non-hydrogen) atoms. The Morgan fingerprint density at radius 1 is 1.12 bits per heavy atom. The standard InChI is InChI=1S/C24H27FN2O5S/c1-15(18-7-8-20(25)22(12-18)32-13-17-4-5-17)14-33(30,31)10-2-3-16-6-9-21-19(11-16)23(28)27-24(29)26-21/h6-9,11-12,15,17H,2-5,10,13-14H2,1H3,(H2,26,27,28,29)/t15-/m0/s1. The van der Waals surface area contributed by atoms with Crippen molar-refractivity contribution in [1.29, 1.82) is 0 Å². The molecule has 1 aliphatic carbocycles. The van der Waals surface area contributed by atoms with Crippen molar-refractivity contribution in [3.05, 3.63) is 74.2 Å². The number of hydrogen-bond donors (Lipinski definition) is 2. The monoisotopic (exact) mass is 474 g/mol. The van der Waals surface area contributed by atoms with E-state index in [2.05, 4.69) is 9.97 Å². The Balaban J connectivity index is 1.35. The van der Waals surface area contributed by atoms with E-state index in [9.17, 15) is 22.4 Å². The summed E-state index contributed by atoms with van der Waals surface area (Å²) >= 11 is 0. The molecule has 1 fully saturated rings. The normalized spacial score (nSPS) is 15.0. The van der Waals surface area contributed by atoms with Crippen molar-refractivity contribution in [3.63, 3.8) is 0 Å². The van der Waals surface area contributed by atoms with Gasteiger partial charge in [-0.2, -0.15) is 0 Å². The number of hydrogen-bond acceptors (Lipinski definition) is 5. The number of aryl methyl sites for hydroxylation is 1. The number of halogens is 1. The molecule has 1 aliphatic rings. The number of aromatic amines is 2. The van der Waals surface area contributed by atoms with E-state index in [0.717, 1.165) is 24.0 Å². The summed E-state index contributed by atoms with van der Waals surface area (Å²) in [5.74, 6) is -0.101. The molecule has 0 bridgehead atoms. The van der Waals surface area contributed by atoms with Gasteiger partial charge in [-0.1, -0.05) is 19.1 Å². The van der Waals surface area contributed by atoms with E-state index in [1.807, 2.05) is 6.92 Å². The molecule has 1 heterocycles. The molecule has 0 saturated heterocycles. The van der Waals surface area contributed by atoms with Gasteiger partial charge in [0, 0.05) is 0 Å². The summed E-state index contributed by atoms with van der Waals surface area (Å²) < 4.78 is 45.0. The first-order chi connectivity index (χ1) is 15.7. The van der Waals surface area contributed by atoms with Crippen LogP contribution in [-0.4, -0.2) is 36.5 Å². The molecule has 1 aromatic heterocycles. The molecule has 0 amide bonds. The number of rotatable bonds is 10. The SMILES string of the molecule is C[C@@H](CS(=O)(=O)CCCc1ccc2[nH]c(=O)[nH]c(=O)c2c1)c1ccc(F)c(OCC2CC2)c1. The molecule has 9 heteroatoms. The van der Waals surface area contributed by atoms with Gasteiger partial charge in [0.25, 0.3) is 5.56 Å². The molecule has 7 nitrogen and oxygen atoms in total. The molecule has 3 aromatic rings. The maximum absolute atomic E-state index is 14.0. The van der Waals surface area contributed by atoms with Gasteiger partial charge in [0.2, 0.25) is 0 Å². The van der Waals surface area contributed by atoms with Crippen LogP contribution in [0.25, 0.3) is 10.9 Å². The zero-order chi connectivity index (χ0) is 23.6. The largest absolute Gasteiger partial charge is 0.490 e. The molecular formula is C24H27FN2O5S. The Bertz CT molecular complexity index is 1380. The minimum atomic E-state index is -3.34.